The van der Waals surface area contributed by atoms with E-state index in [2.05, 4.69) is 59.7 Å². The average Bonchev–Trinajstić information content (AvgIpc) is 3.78. The number of urea groups is 1. The lowest BCUT2D eigenvalue weighted by Crippen LogP contribution is -2.52. The van der Waals surface area contributed by atoms with E-state index in [4.69, 9.17) is 5.41 Å². The minimum atomic E-state index is -0.464. The molecule has 1 aliphatic heterocycles. The second-order valence-electron chi connectivity index (χ2n) is 11.2. The molecule has 7 rings (SSSR count). The van der Waals surface area contributed by atoms with Gasteiger partial charge >= 0.3 is 6.03 Å². The third-order valence-electron chi connectivity index (χ3n) is 8.32. The van der Waals surface area contributed by atoms with Crippen LogP contribution in [-0.2, 0) is 6.54 Å². The van der Waals surface area contributed by atoms with E-state index in [0.717, 1.165) is 16.8 Å². The van der Waals surface area contributed by atoms with Crippen molar-refractivity contribution in [3.63, 3.8) is 0 Å². The van der Waals surface area contributed by atoms with Gasteiger partial charge < -0.3 is 19.8 Å². The number of fused-ring (bicyclic) bond motifs is 1. The van der Waals surface area contributed by atoms with Crippen molar-refractivity contribution in [2.75, 3.05) is 31.5 Å². The van der Waals surface area contributed by atoms with E-state index in [1.54, 1.807) is 35.8 Å². The number of para-hydroxylation sites is 1. The second-order valence-corrected chi connectivity index (χ2v) is 11.2. The first-order chi connectivity index (χ1) is 22.5. The van der Waals surface area contributed by atoms with E-state index in [-0.39, 0.29) is 29.3 Å². The first kappa shape index (κ1) is 29.0. The van der Waals surface area contributed by atoms with Gasteiger partial charge in [-0.1, -0.05) is 78.0 Å². The van der Waals surface area contributed by atoms with Gasteiger partial charge in [-0.15, -0.1) is 5.10 Å². The summed E-state index contributed by atoms with van der Waals surface area (Å²) in [6.07, 6.45) is 5.09. The van der Waals surface area contributed by atoms with Crippen molar-refractivity contribution in [3.8, 4) is 0 Å². The summed E-state index contributed by atoms with van der Waals surface area (Å²) >= 11 is 0. The Balaban J connectivity index is 1.18. The quantitative estimate of drug-likeness (QED) is 0.234. The van der Waals surface area contributed by atoms with Gasteiger partial charge in [0.1, 0.15) is 17.0 Å². The molecule has 0 spiro atoms. The first-order valence-electron chi connectivity index (χ1n) is 15.0. The number of aromatic amines is 1. The fourth-order valence-corrected chi connectivity index (χ4v) is 6.07. The molecule has 2 atom stereocenters. The highest BCUT2D eigenvalue weighted by molar-refractivity contribution is 5.89. The predicted octanol–water partition coefficient (Wildman–Crippen LogP) is 4.20. The zero-order valence-electron chi connectivity index (χ0n) is 24.9. The molecule has 3 N–H and O–H groups in total. The van der Waals surface area contributed by atoms with Gasteiger partial charge in [-0.05, 0) is 23.3 Å². The van der Waals surface area contributed by atoms with Gasteiger partial charge in [0.2, 0.25) is 0 Å². The van der Waals surface area contributed by atoms with Crippen molar-refractivity contribution in [2.24, 2.45) is 0 Å². The maximum Gasteiger partial charge on any atom is 0.322 e. The summed E-state index contributed by atoms with van der Waals surface area (Å²) in [5.74, 6) is -0.464. The molecule has 232 valence electrons. The third-order valence-corrected chi connectivity index (χ3v) is 8.32. The Hall–Kier alpha value is -5.69. The third kappa shape index (κ3) is 5.87. The molecule has 3 aromatic carbocycles. The van der Waals surface area contributed by atoms with E-state index >= 15 is 0 Å². The van der Waals surface area contributed by atoms with Crippen molar-refractivity contribution < 1.29 is 9.18 Å². The van der Waals surface area contributed by atoms with Gasteiger partial charge in [0, 0.05) is 26.2 Å². The van der Waals surface area contributed by atoms with Crippen molar-refractivity contribution >= 4 is 22.9 Å². The van der Waals surface area contributed by atoms with Crippen LogP contribution in [0.1, 0.15) is 28.9 Å². The van der Waals surface area contributed by atoms with Crippen molar-refractivity contribution in [1.29, 1.82) is 5.41 Å². The topological polar surface area (TPSA) is 137 Å². The number of carbonyl (C=O) groups excluding carboxylic acids is 1. The van der Waals surface area contributed by atoms with Crippen molar-refractivity contribution in [2.45, 2.75) is 18.6 Å². The monoisotopic (exact) mass is 617 g/mol. The molecule has 1 fully saturated rings. The summed E-state index contributed by atoms with van der Waals surface area (Å²) in [5.41, 5.74) is 4.37. The molecule has 0 radical (unpaired) electrons. The molecule has 12 nitrogen and oxygen atoms in total. The molecule has 13 heteroatoms. The fourth-order valence-electron chi connectivity index (χ4n) is 6.07. The van der Waals surface area contributed by atoms with Gasteiger partial charge in [-0.2, -0.15) is 0 Å². The van der Waals surface area contributed by atoms with Crippen LogP contribution in [0.4, 0.5) is 14.9 Å². The molecule has 0 bridgehead atoms. The zero-order chi connectivity index (χ0) is 31.5. The van der Waals surface area contributed by atoms with E-state index in [9.17, 15) is 9.18 Å². The summed E-state index contributed by atoms with van der Waals surface area (Å²) in [4.78, 5) is 28.7. The lowest BCUT2D eigenvalue weighted by atomic mass is 9.91. The molecule has 1 saturated heterocycles. The van der Waals surface area contributed by atoms with Crippen LogP contribution in [0, 0.1) is 11.2 Å². The summed E-state index contributed by atoms with van der Waals surface area (Å²) < 4.78 is 18.0. The van der Waals surface area contributed by atoms with Crippen LogP contribution in [0.5, 0.6) is 0 Å². The van der Waals surface area contributed by atoms with Crippen molar-refractivity contribution in [3.05, 3.63) is 132 Å². The van der Waals surface area contributed by atoms with E-state index in [1.165, 1.54) is 6.07 Å². The van der Waals surface area contributed by atoms with Crippen LogP contribution >= 0.6 is 0 Å². The highest BCUT2D eigenvalue weighted by atomic mass is 19.1. The molecule has 0 unspecified atom stereocenters. The van der Waals surface area contributed by atoms with Crippen LogP contribution in [0.25, 0.3) is 11.2 Å². The highest BCUT2D eigenvalue weighted by Crippen LogP contribution is 2.37. The lowest BCUT2D eigenvalue weighted by Gasteiger charge is -2.42. The number of amides is 2. The second kappa shape index (κ2) is 12.7. The number of anilines is 1. The lowest BCUT2D eigenvalue weighted by molar-refractivity contribution is 0.0910. The number of aromatic nitrogens is 7. The maximum atomic E-state index is 14.2. The molecule has 1 aliphatic rings. The van der Waals surface area contributed by atoms with E-state index < -0.39 is 5.82 Å². The number of carbonyl (C=O) groups is 1. The molecular weight excluding hydrogens is 585 g/mol. The van der Waals surface area contributed by atoms with Gasteiger partial charge in [-0.3, -0.25) is 10.3 Å². The number of nitrogens with zero attached hydrogens (tertiary/aromatic N) is 8. The number of nitrogens with one attached hydrogen (secondary N) is 3. The summed E-state index contributed by atoms with van der Waals surface area (Å²) in [6, 6.07) is 26.0. The summed E-state index contributed by atoms with van der Waals surface area (Å²) in [5, 5.41) is 20.0. The Morgan fingerprint density at radius 1 is 0.891 bits per heavy atom. The van der Waals surface area contributed by atoms with Gasteiger partial charge in [0.25, 0.3) is 0 Å². The Kier molecular flexibility index (Phi) is 8.04. The predicted molar refractivity (Wildman–Crippen MR) is 169 cm³/mol. The zero-order valence-corrected chi connectivity index (χ0v) is 24.9. The van der Waals surface area contributed by atoms with Crippen molar-refractivity contribution in [1.82, 2.24) is 44.3 Å². The molecule has 2 amide bonds. The number of imidazole rings is 1. The molecule has 0 aliphatic carbocycles. The highest BCUT2D eigenvalue weighted by Gasteiger charge is 2.35. The van der Waals surface area contributed by atoms with Gasteiger partial charge in [0.05, 0.1) is 43.2 Å². The normalized spacial score (nSPS) is 15.1. The molecule has 4 heterocycles. The van der Waals surface area contributed by atoms with Crippen LogP contribution in [-0.4, -0.2) is 76.5 Å². The Morgan fingerprint density at radius 3 is 2.28 bits per heavy atom. The smallest absolute Gasteiger partial charge is 0.322 e. The SMILES string of the molecule is N=c1ncn(Cc2cn([C@H](c3ccccc3)[C@H](c3ccccc3)N3CCN(C(=O)Nc4ccccc4F)CC3)nn2)c2nc[nH]c12. The van der Waals surface area contributed by atoms with Gasteiger partial charge in [-0.25, -0.2) is 23.8 Å². The number of benzene rings is 3. The van der Waals surface area contributed by atoms with E-state index in [1.807, 2.05) is 51.8 Å². The largest absolute Gasteiger partial charge is 0.340 e. The number of piperazine rings is 1. The number of rotatable bonds is 8. The molecule has 46 heavy (non-hydrogen) atoms. The Morgan fingerprint density at radius 2 is 1.57 bits per heavy atom. The fraction of sp³-hybridized carbons (Fsp3) is 0.212. The van der Waals surface area contributed by atoms with Gasteiger partial charge in [0.15, 0.2) is 11.1 Å². The Bertz CT molecular complexity index is 2000. The molecule has 3 aromatic heterocycles. The van der Waals surface area contributed by atoms with Crippen LogP contribution in [0.3, 0.4) is 0 Å². The average molecular weight is 618 g/mol. The first-order valence-corrected chi connectivity index (χ1v) is 15.0. The standard InChI is InChI=1S/C33H32FN11O/c34-26-13-7-8-14-27(26)39-33(46)43-17-15-42(16-18-43)29(23-9-3-1-4-10-23)30(24-11-5-2-6-12-24)45-20-25(40-41-45)19-44-22-38-31(35)28-32(44)37-21-36-28/h1-14,20-22,29-30,35H,15-19H2,(H,36,37)(H,39,46)/t29-,30+/m0/s1. The van der Waals surface area contributed by atoms with Crippen LogP contribution < -0.4 is 10.8 Å². The van der Waals surface area contributed by atoms with E-state index in [0.29, 0.717) is 43.9 Å². The number of hydrogen-bond acceptors (Lipinski definition) is 7. The number of hydrogen-bond donors (Lipinski definition) is 3. The number of halogens is 1. The maximum absolute atomic E-state index is 14.2. The Labute approximate surface area is 263 Å². The summed E-state index contributed by atoms with van der Waals surface area (Å²) in [6.45, 7) is 2.54. The van der Waals surface area contributed by atoms with Crippen LogP contribution in [0.15, 0.2) is 104 Å². The van der Waals surface area contributed by atoms with Crippen LogP contribution in [0.2, 0.25) is 0 Å². The molecular formula is C33H32FN11O. The minimum Gasteiger partial charge on any atom is -0.340 e. The molecule has 0 saturated carbocycles. The molecule has 6 aromatic rings. The minimum absolute atomic E-state index is 0.132. The number of H-pyrrole nitrogens is 1. The summed E-state index contributed by atoms with van der Waals surface area (Å²) in [7, 11) is 0.